The summed E-state index contributed by atoms with van der Waals surface area (Å²) in [5, 5.41) is 2.96. The van der Waals surface area contributed by atoms with Crippen LogP contribution < -0.4 is 15.0 Å². The molecule has 8 heteroatoms. The lowest BCUT2D eigenvalue weighted by Crippen LogP contribution is -2.50. The quantitative estimate of drug-likeness (QED) is 0.523. The van der Waals surface area contributed by atoms with E-state index in [1.165, 1.54) is 12.1 Å². The van der Waals surface area contributed by atoms with Crippen LogP contribution in [0.1, 0.15) is 5.56 Å². The monoisotopic (exact) mass is 433 g/mol. The van der Waals surface area contributed by atoms with E-state index >= 15 is 0 Å². The van der Waals surface area contributed by atoms with E-state index in [-0.39, 0.29) is 11.8 Å². The number of nitrogens with one attached hydrogen (secondary N) is 1. The van der Waals surface area contributed by atoms with Crippen LogP contribution in [-0.4, -0.2) is 53.6 Å². The zero-order chi connectivity index (χ0) is 22.2. The Morgan fingerprint density at radius 1 is 1.06 bits per heavy atom. The lowest BCUT2D eigenvalue weighted by Gasteiger charge is -2.35. The van der Waals surface area contributed by atoms with Crippen molar-refractivity contribution >= 4 is 34.1 Å². The second kappa shape index (κ2) is 8.03. The van der Waals surface area contributed by atoms with Gasteiger partial charge in [-0.1, -0.05) is 6.07 Å². The number of benzene rings is 2. The molecule has 1 fully saturated rings. The van der Waals surface area contributed by atoms with Crippen molar-refractivity contribution in [2.24, 2.45) is 0 Å². The Morgan fingerprint density at radius 2 is 1.88 bits per heavy atom. The van der Waals surface area contributed by atoms with Gasteiger partial charge in [-0.05, 0) is 48.9 Å². The van der Waals surface area contributed by atoms with E-state index < -0.39 is 0 Å². The molecule has 164 valence electrons. The summed E-state index contributed by atoms with van der Waals surface area (Å²) < 4.78 is 21.2. The van der Waals surface area contributed by atoms with Crippen LogP contribution in [0.15, 0.2) is 54.7 Å². The van der Waals surface area contributed by atoms with E-state index in [4.69, 9.17) is 9.72 Å². The van der Waals surface area contributed by atoms with Gasteiger partial charge in [-0.2, -0.15) is 0 Å². The lowest BCUT2D eigenvalue weighted by molar-refractivity contribution is 0.208. The number of anilines is 2. The molecule has 1 saturated heterocycles. The first-order chi connectivity index (χ1) is 15.5. The standard InChI is InChI=1S/C24H24FN5O2/c1-16-5-8-22(32-2)19(14-16)27-24(31)29-12-10-28(11-13-29)23-21-4-3-9-30(21)20-7-6-17(25)15-18(20)26-23/h3-9,14-15H,10-13H2,1-2H3,(H,27,31). The maximum atomic E-state index is 13.8. The number of nitrogens with zero attached hydrogens (tertiary/aromatic N) is 4. The molecule has 2 aromatic carbocycles. The number of aryl methyl sites for hydroxylation is 1. The Morgan fingerprint density at radius 3 is 2.66 bits per heavy atom. The second-order valence-corrected chi connectivity index (χ2v) is 7.94. The highest BCUT2D eigenvalue weighted by molar-refractivity contribution is 5.91. The molecule has 2 amide bonds. The number of methoxy groups -OCH3 is 1. The average Bonchev–Trinajstić information content (AvgIpc) is 3.29. The van der Waals surface area contributed by atoms with Crippen molar-refractivity contribution in [1.82, 2.24) is 14.3 Å². The molecule has 4 aromatic rings. The largest absolute Gasteiger partial charge is 0.495 e. The number of halogens is 1. The Labute approximate surface area is 185 Å². The van der Waals surface area contributed by atoms with Crippen molar-refractivity contribution in [1.29, 1.82) is 0 Å². The number of piperazine rings is 1. The van der Waals surface area contributed by atoms with Gasteiger partial charge in [0.15, 0.2) is 5.82 Å². The van der Waals surface area contributed by atoms with Crippen molar-refractivity contribution < 1.29 is 13.9 Å². The summed E-state index contributed by atoms with van der Waals surface area (Å²) in [6.45, 7) is 4.34. The third-order valence-electron chi connectivity index (χ3n) is 5.86. The molecule has 32 heavy (non-hydrogen) atoms. The molecule has 7 nitrogen and oxygen atoms in total. The summed E-state index contributed by atoms with van der Waals surface area (Å²) in [5.74, 6) is 1.12. The normalized spacial score (nSPS) is 14.2. The number of hydrogen-bond acceptors (Lipinski definition) is 4. The minimum absolute atomic E-state index is 0.157. The van der Waals surface area contributed by atoms with Crippen molar-refractivity contribution in [2.75, 3.05) is 43.5 Å². The number of hydrogen-bond donors (Lipinski definition) is 1. The van der Waals surface area contributed by atoms with Crippen LogP contribution in [0.5, 0.6) is 5.75 Å². The fraction of sp³-hybridized carbons (Fsp3) is 0.250. The van der Waals surface area contributed by atoms with Crippen LogP contribution in [-0.2, 0) is 0 Å². The second-order valence-electron chi connectivity index (χ2n) is 7.94. The number of ether oxygens (including phenoxy) is 1. The smallest absolute Gasteiger partial charge is 0.322 e. The van der Waals surface area contributed by atoms with Gasteiger partial charge in [0.25, 0.3) is 0 Å². The molecule has 0 radical (unpaired) electrons. The average molecular weight is 433 g/mol. The molecule has 1 aliphatic rings. The van der Waals surface area contributed by atoms with Crippen LogP contribution in [0.3, 0.4) is 0 Å². The summed E-state index contributed by atoms with van der Waals surface area (Å²) in [5.41, 5.74) is 4.14. The Bertz CT molecular complexity index is 1310. The summed E-state index contributed by atoms with van der Waals surface area (Å²) in [6.07, 6.45) is 1.96. The lowest BCUT2D eigenvalue weighted by atomic mass is 10.2. The first-order valence-corrected chi connectivity index (χ1v) is 10.6. The summed E-state index contributed by atoms with van der Waals surface area (Å²) in [4.78, 5) is 21.5. The van der Waals surface area contributed by atoms with E-state index in [9.17, 15) is 9.18 Å². The van der Waals surface area contributed by atoms with Crippen molar-refractivity contribution in [3.8, 4) is 5.75 Å². The van der Waals surface area contributed by atoms with Gasteiger partial charge in [0.1, 0.15) is 11.6 Å². The van der Waals surface area contributed by atoms with Crippen LogP contribution >= 0.6 is 0 Å². The topological polar surface area (TPSA) is 62.1 Å². The van der Waals surface area contributed by atoms with E-state index in [2.05, 4.69) is 10.2 Å². The fourth-order valence-corrected chi connectivity index (χ4v) is 4.20. The molecule has 1 aliphatic heterocycles. The Kier molecular flexibility index (Phi) is 5.05. The molecule has 2 aromatic heterocycles. The SMILES string of the molecule is COc1ccc(C)cc1NC(=O)N1CCN(c2nc3cc(F)ccc3n3cccc23)CC1. The van der Waals surface area contributed by atoms with E-state index in [1.54, 1.807) is 18.1 Å². The van der Waals surface area contributed by atoms with Gasteiger partial charge in [-0.3, -0.25) is 0 Å². The predicted molar refractivity (Wildman–Crippen MR) is 123 cm³/mol. The summed E-state index contributed by atoms with van der Waals surface area (Å²) in [7, 11) is 1.59. The maximum Gasteiger partial charge on any atom is 0.322 e. The molecule has 1 N–H and O–H groups in total. The highest BCUT2D eigenvalue weighted by atomic mass is 19.1. The highest BCUT2D eigenvalue weighted by Gasteiger charge is 2.24. The number of amides is 2. The molecule has 0 saturated carbocycles. The predicted octanol–water partition coefficient (Wildman–Crippen LogP) is 4.30. The molecule has 0 bridgehead atoms. The molecule has 0 atom stereocenters. The van der Waals surface area contributed by atoms with Gasteiger partial charge in [-0.15, -0.1) is 0 Å². The first-order valence-electron chi connectivity index (χ1n) is 10.6. The molecule has 0 spiro atoms. The van der Waals surface area contributed by atoms with Crippen molar-refractivity contribution in [3.63, 3.8) is 0 Å². The van der Waals surface area contributed by atoms with Gasteiger partial charge in [0.2, 0.25) is 0 Å². The first kappa shape index (κ1) is 20.1. The van der Waals surface area contributed by atoms with Gasteiger partial charge >= 0.3 is 6.03 Å². The maximum absolute atomic E-state index is 13.8. The zero-order valence-corrected chi connectivity index (χ0v) is 18.0. The summed E-state index contributed by atoms with van der Waals surface area (Å²) >= 11 is 0. The Hall–Kier alpha value is -3.81. The van der Waals surface area contributed by atoms with Crippen molar-refractivity contribution in [2.45, 2.75) is 6.92 Å². The molecule has 0 unspecified atom stereocenters. The number of rotatable bonds is 3. The number of carbonyl (C=O) groups is 1. The van der Waals surface area contributed by atoms with Crippen LogP contribution in [0.2, 0.25) is 0 Å². The molecular weight excluding hydrogens is 409 g/mol. The molecule has 5 rings (SSSR count). The Balaban J connectivity index is 1.35. The van der Waals surface area contributed by atoms with E-state index in [0.29, 0.717) is 43.1 Å². The molecule has 0 aliphatic carbocycles. The van der Waals surface area contributed by atoms with Crippen LogP contribution in [0.4, 0.5) is 20.7 Å². The number of carbonyl (C=O) groups excluding carboxylic acids is 1. The van der Waals surface area contributed by atoms with Crippen LogP contribution in [0, 0.1) is 12.7 Å². The van der Waals surface area contributed by atoms with Gasteiger partial charge < -0.3 is 24.3 Å². The van der Waals surface area contributed by atoms with Crippen LogP contribution in [0.25, 0.3) is 16.6 Å². The highest BCUT2D eigenvalue weighted by Crippen LogP contribution is 2.28. The van der Waals surface area contributed by atoms with E-state index in [0.717, 1.165) is 22.4 Å². The minimum Gasteiger partial charge on any atom is -0.495 e. The molecular formula is C24H24FN5O2. The molecule has 3 heterocycles. The van der Waals surface area contributed by atoms with E-state index in [1.807, 2.05) is 47.9 Å². The van der Waals surface area contributed by atoms with Gasteiger partial charge in [0, 0.05) is 38.4 Å². The minimum atomic E-state index is -0.310. The number of aromatic nitrogens is 2. The number of urea groups is 1. The number of fused-ring (bicyclic) bond motifs is 3. The third kappa shape index (κ3) is 3.57. The zero-order valence-electron chi connectivity index (χ0n) is 18.0. The van der Waals surface area contributed by atoms with Gasteiger partial charge in [0.05, 0.1) is 29.3 Å². The van der Waals surface area contributed by atoms with Gasteiger partial charge in [-0.25, -0.2) is 14.2 Å². The fourth-order valence-electron chi connectivity index (χ4n) is 4.20. The summed E-state index contributed by atoms with van der Waals surface area (Å²) in [6, 6.07) is 14.1. The third-order valence-corrected chi connectivity index (χ3v) is 5.86. The van der Waals surface area contributed by atoms with Crippen molar-refractivity contribution in [3.05, 3.63) is 66.1 Å².